The lowest BCUT2D eigenvalue weighted by atomic mass is 10.1. The first-order valence-electron chi connectivity index (χ1n) is 9.17. The minimum Gasteiger partial charge on any atom is -0.384 e. The van der Waals surface area contributed by atoms with E-state index in [1.54, 1.807) is 30.6 Å². The Balaban J connectivity index is 0.000000491. The summed E-state index contributed by atoms with van der Waals surface area (Å²) in [4.78, 5) is 20.4. The van der Waals surface area contributed by atoms with Crippen molar-refractivity contribution < 1.29 is 22.3 Å². The molecule has 12 heteroatoms. The van der Waals surface area contributed by atoms with Crippen LogP contribution in [0.2, 0.25) is 0 Å². The number of amides is 2. The molecule has 3 aromatic heterocycles. The Labute approximate surface area is 178 Å². The summed E-state index contributed by atoms with van der Waals surface area (Å²) in [6.07, 6.45) is 6.22. The van der Waals surface area contributed by atoms with Crippen LogP contribution in [0.15, 0.2) is 47.2 Å². The van der Waals surface area contributed by atoms with E-state index in [9.17, 15) is 13.2 Å². The molecule has 1 saturated carbocycles. The van der Waals surface area contributed by atoms with Crippen molar-refractivity contribution in [1.82, 2.24) is 15.1 Å². The molecule has 0 bridgehead atoms. The summed E-state index contributed by atoms with van der Waals surface area (Å²) in [7, 11) is -3.67. The van der Waals surface area contributed by atoms with Crippen LogP contribution >= 0.6 is 0 Å². The smallest absolute Gasteiger partial charge is 0.327 e. The van der Waals surface area contributed by atoms with Gasteiger partial charge < -0.3 is 10.3 Å². The van der Waals surface area contributed by atoms with E-state index in [1.165, 1.54) is 0 Å². The van der Waals surface area contributed by atoms with Gasteiger partial charge in [0.25, 0.3) is 10.1 Å². The highest BCUT2D eigenvalue weighted by atomic mass is 32.2. The number of hydrogen-bond acceptors (Lipinski definition) is 8. The molecule has 1 aliphatic carbocycles. The number of nitrogens with one attached hydrogen (secondary N) is 2. The van der Waals surface area contributed by atoms with Crippen LogP contribution in [0.1, 0.15) is 25.5 Å². The number of urea groups is 1. The predicted octanol–water partition coefficient (Wildman–Crippen LogP) is 2.91. The topological polar surface area (TPSA) is 173 Å². The van der Waals surface area contributed by atoms with E-state index in [0.717, 1.165) is 29.7 Å². The van der Waals surface area contributed by atoms with Crippen LogP contribution < -0.4 is 16.4 Å². The molecule has 3 aromatic rings. The molecule has 0 unspecified atom stereocenters. The molecule has 0 aromatic carbocycles. The Bertz CT molecular complexity index is 1150. The third kappa shape index (κ3) is 6.76. The highest BCUT2D eigenvalue weighted by Gasteiger charge is 2.42. The van der Waals surface area contributed by atoms with Gasteiger partial charge in [0, 0.05) is 35.0 Å². The van der Waals surface area contributed by atoms with Gasteiger partial charge in [0.05, 0.1) is 11.9 Å². The molecule has 0 aliphatic heterocycles. The van der Waals surface area contributed by atoms with Gasteiger partial charge in [0.1, 0.15) is 11.6 Å². The molecular weight excluding hydrogens is 424 g/mol. The van der Waals surface area contributed by atoms with E-state index in [-0.39, 0.29) is 5.41 Å². The van der Waals surface area contributed by atoms with Crippen LogP contribution in [-0.2, 0) is 15.5 Å². The molecule has 4 rings (SSSR count). The average molecular weight is 446 g/mol. The number of nitrogen functional groups attached to an aromatic ring is 1. The summed E-state index contributed by atoms with van der Waals surface area (Å²) in [6, 6.07) is 8.46. The second kappa shape index (κ2) is 8.70. The molecule has 5 N–H and O–H groups in total. The Morgan fingerprint density at radius 3 is 2.26 bits per heavy atom. The second-order valence-corrected chi connectivity index (χ2v) is 8.82. The highest BCUT2D eigenvalue weighted by molar-refractivity contribution is 7.85. The molecule has 11 nitrogen and oxygen atoms in total. The summed E-state index contributed by atoms with van der Waals surface area (Å²) < 4.78 is 31.0. The number of rotatable bonds is 4. The van der Waals surface area contributed by atoms with E-state index >= 15 is 0 Å². The molecule has 0 spiro atoms. The molecule has 164 valence electrons. The van der Waals surface area contributed by atoms with Gasteiger partial charge in [-0.1, -0.05) is 12.1 Å². The van der Waals surface area contributed by atoms with Crippen molar-refractivity contribution in [3.63, 3.8) is 0 Å². The van der Waals surface area contributed by atoms with E-state index < -0.39 is 16.1 Å². The Morgan fingerprint density at radius 1 is 1.13 bits per heavy atom. The van der Waals surface area contributed by atoms with E-state index in [0.29, 0.717) is 23.8 Å². The van der Waals surface area contributed by atoms with Crippen LogP contribution in [-0.4, -0.2) is 40.4 Å². The van der Waals surface area contributed by atoms with Gasteiger partial charge in [-0.2, -0.15) is 8.42 Å². The first-order chi connectivity index (χ1) is 14.5. The van der Waals surface area contributed by atoms with E-state index in [4.69, 9.17) is 14.8 Å². The molecule has 1 aliphatic rings. The van der Waals surface area contributed by atoms with Crippen molar-refractivity contribution in [2.75, 3.05) is 22.6 Å². The first kappa shape index (κ1) is 22.2. The summed E-state index contributed by atoms with van der Waals surface area (Å²) in [5, 5.41) is 9.29. The lowest BCUT2D eigenvalue weighted by Gasteiger charge is -2.06. The fourth-order valence-electron chi connectivity index (χ4n) is 2.54. The lowest BCUT2D eigenvalue weighted by Crippen LogP contribution is -2.19. The van der Waals surface area contributed by atoms with Gasteiger partial charge in [-0.3, -0.25) is 15.2 Å². The summed E-state index contributed by atoms with van der Waals surface area (Å²) in [6.45, 7) is 2.12. The van der Waals surface area contributed by atoms with Gasteiger partial charge in [0.2, 0.25) is 5.88 Å². The summed E-state index contributed by atoms with van der Waals surface area (Å²) in [5.74, 6) is 1.20. The number of hydrogen-bond donors (Lipinski definition) is 4. The zero-order chi connectivity index (χ0) is 22.6. The van der Waals surface area contributed by atoms with E-state index in [1.807, 2.05) is 12.1 Å². The lowest BCUT2D eigenvalue weighted by molar-refractivity contribution is 0.261. The quantitative estimate of drug-likeness (QED) is 0.439. The van der Waals surface area contributed by atoms with Crippen LogP contribution in [0.3, 0.4) is 0 Å². The normalized spacial score (nSPS) is 14.2. The van der Waals surface area contributed by atoms with Gasteiger partial charge >= 0.3 is 6.03 Å². The molecule has 2 amide bonds. The van der Waals surface area contributed by atoms with Crippen LogP contribution in [0.4, 0.5) is 22.3 Å². The maximum absolute atomic E-state index is 12.1. The van der Waals surface area contributed by atoms with Crippen molar-refractivity contribution in [2.24, 2.45) is 0 Å². The standard InChI is InChI=1S/C18H18N6O2.CH4O3S/c1-18(6-7-18)13-8-16(26-24-13)23-17(25)22-15-5-3-12(10-21-15)11-2-4-14(19)20-9-11;1-5(2,3)4/h2-5,8-10H,6-7H2,1H3,(H2,19,20)(H2,21,22,23,25);1H3,(H,2,3,4). The van der Waals surface area contributed by atoms with Gasteiger partial charge in [-0.25, -0.2) is 14.8 Å². The van der Waals surface area contributed by atoms with Crippen molar-refractivity contribution in [1.29, 1.82) is 0 Å². The molecule has 0 saturated heterocycles. The minimum atomic E-state index is -3.67. The molecular formula is C19H22N6O5S. The molecule has 3 heterocycles. The van der Waals surface area contributed by atoms with Crippen LogP contribution in [0, 0.1) is 0 Å². The van der Waals surface area contributed by atoms with Crippen molar-refractivity contribution >= 4 is 33.7 Å². The highest BCUT2D eigenvalue weighted by Crippen LogP contribution is 2.47. The largest absolute Gasteiger partial charge is 0.384 e. The summed E-state index contributed by atoms with van der Waals surface area (Å²) >= 11 is 0. The molecule has 0 radical (unpaired) electrons. The molecule has 1 fully saturated rings. The fourth-order valence-corrected chi connectivity index (χ4v) is 2.54. The number of carbonyl (C=O) groups is 1. The predicted molar refractivity (Wildman–Crippen MR) is 115 cm³/mol. The van der Waals surface area contributed by atoms with Gasteiger partial charge in [-0.15, -0.1) is 0 Å². The summed E-state index contributed by atoms with van der Waals surface area (Å²) in [5.41, 5.74) is 8.31. The van der Waals surface area contributed by atoms with Crippen LogP contribution in [0.5, 0.6) is 0 Å². The van der Waals surface area contributed by atoms with Gasteiger partial charge in [-0.05, 0) is 37.1 Å². The number of nitrogens with zero attached hydrogens (tertiary/aromatic N) is 3. The van der Waals surface area contributed by atoms with Crippen molar-refractivity contribution in [3.05, 3.63) is 48.4 Å². The number of pyridine rings is 2. The van der Waals surface area contributed by atoms with Crippen molar-refractivity contribution in [2.45, 2.75) is 25.2 Å². The maximum atomic E-state index is 12.1. The average Bonchev–Trinajstić information content (AvgIpc) is 3.25. The Kier molecular flexibility index (Phi) is 6.22. The maximum Gasteiger partial charge on any atom is 0.327 e. The van der Waals surface area contributed by atoms with Crippen LogP contribution in [0.25, 0.3) is 11.1 Å². The molecule has 0 atom stereocenters. The monoisotopic (exact) mass is 446 g/mol. The number of carbonyl (C=O) groups excluding carboxylic acids is 1. The van der Waals surface area contributed by atoms with Crippen molar-refractivity contribution in [3.8, 4) is 11.1 Å². The number of aromatic nitrogens is 3. The Morgan fingerprint density at radius 2 is 1.74 bits per heavy atom. The third-order valence-electron chi connectivity index (χ3n) is 4.49. The molecule has 31 heavy (non-hydrogen) atoms. The fraction of sp³-hybridized carbons (Fsp3) is 0.263. The zero-order valence-corrected chi connectivity index (χ0v) is 17.7. The number of anilines is 3. The van der Waals surface area contributed by atoms with E-state index in [2.05, 4.69) is 32.7 Å². The number of nitrogens with two attached hydrogens (primary N) is 1. The third-order valence-corrected chi connectivity index (χ3v) is 4.49. The first-order valence-corrected chi connectivity index (χ1v) is 11.0. The minimum absolute atomic E-state index is 0.0915. The Hall–Kier alpha value is -3.51. The second-order valence-electron chi connectivity index (χ2n) is 7.35. The zero-order valence-electron chi connectivity index (χ0n) is 16.9. The van der Waals surface area contributed by atoms with Gasteiger partial charge in [0.15, 0.2) is 0 Å². The SMILES string of the molecule is CC1(c2cc(NC(=O)Nc3ccc(-c4ccc(N)nc4)cn3)on2)CC1.CS(=O)(=O)O.